The molecule has 1 aromatic rings. The first-order valence-corrected chi connectivity index (χ1v) is 8.35. The number of carbonyl (C=O) groups is 2. The summed E-state index contributed by atoms with van der Waals surface area (Å²) in [5.41, 5.74) is 2.47. The number of benzene rings is 1. The molecule has 0 bridgehead atoms. The van der Waals surface area contributed by atoms with E-state index in [0.717, 1.165) is 6.54 Å². The smallest absolute Gasteiger partial charge is 0.246 e. The van der Waals surface area contributed by atoms with Gasteiger partial charge in [0.15, 0.2) is 0 Å². The van der Waals surface area contributed by atoms with Gasteiger partial charge in [-0.15, -0.1) is 0 Å². The lowest BCUT2D eigenvalue weighted by atomic mass is 9.98. The standard InChI is InChI=1S/C18H25N3O2/c1-11(2)16-18(23)21-10-14(8-15(21)17(22)20-16)19-9-13-6-4-5-12(3)7-13/h4-7,11,14-16,19H,8-10H2,1-3H3,(H,20,22)/t14-,15-,16-/m0/s1. The predicted octanol–water partition coefficient (Wildman–Crippen LogP) is 1.21. The van der Waals surface area contributed by atoms with Crippen LogP contribution >= 0.6 is 0 Å². The van der Waals surface area contributed by atoms with Gasteiger partial charge in [0.1, 0.15) is 12.1 Å². The van der Waals surface area contributed by atoms with Gasteiger partial charge >= 0.3 is 0 Å². The molecule has 0 unspecified atom stereocenters. The Hall–Kier alpha value is -1.88. The van der Waals surface area contributed by atoms with E-state index in [4.69, 9.17) is 0 Å². The Kier molecular flexibility index (Phi) is 4.39. The van der Waals surface area contributed by atoms with Crippen LogP contribution in [0.2, 0.25) is 0 Å². The molecule has 2 saturated heterocycles. The van der Waals surface area contributed by atoms with Gasteiger partial charge in [0.2, 0.25) is 11.8 Å². The number of aryl methyl sites for hydroxylation is 1. The van der Waals surface area contributed by atoms with Gasteiger partial charge in [-0.3, -0.25) is 9.59 Å². The van der Waals surface area contributed by atoms with Gasteiger partial charge in [-0.25, -0.2) is 0 Å². The van der Waals surface area contributed by atoms with Crippen molar-refractivity contribution < 1.29 is 9.59 Å². The third-order valence-electron chi connectivity index (χ3n) is 4.79. The Balaban J connectivity index is 1.63. The van der Waals surface area contributed by atoms with Crippen molar-refractivity contribution in [2.24, 2.45) is 5.92 Å². The highest BCUT2D eigenvalue weighted by molar-refractivity contribution is 5.97. The third kappa shape index (κ3) is 3.24. The Morgan fingerprint density at radius 1 is 1.35 bits per heavy atom. The summed E-state index contributed by atoms with van der Waals surface area (Å²) in [6.45, 7) is 7.39. The van der Waals surface area contributed by atoms with E-state index >= 15 is 0 Å². The summed E-state index contributed by atoms with van der Waals surface area (Å²) in [4.78, 5) is 26.6. The zero-order valence-electron chi connectivity index (χ0n) is 14.0. The summed E-state index contributed by atoms with van der Waals surface area (Å²) in [5.74, 6) is 0.166. The average Bonchev–Trinajstić information content (AvgIpc) is 2.94. The zero-order chi connectivity index (χ0) is 16.6. The number of piperazine rings is 1. The number of rotatable bonds is 4. The molecule has 3 rings (SSSR count). The van der Waals surface area contributed by atoms with Crippen molar-refractivity contribution >= 4 is 11.8 Å². The first-order chi connectivity index (χ1) is 11.0. The summed E-state index contributed by atoms with van der Waals surface area (Å²) in [6, 6.07) is 7.85. The minimum absolute atomic E-state index is 0.0110. The predicted molar refractivity (Wildman–Crippen MR) is 88.7 cm³/mol. The van der Waals surface area contributed by atoms with Crippen LogP contribution in [-0.2, 0) is 16.1 Å². The molecule has 2 heterocycles. The molecular weight excluding hydrogens is 290 g/mol. The molecule has 3 atom stereocenters. The van der Waals surface area contributed by atoms with Crippen LogP contribution in [-0.4, -0.2) is 41.4 Å². The van der Waals surface area contributed by atoms with Gasteiger partial charge in [-0.2, -0.15) is 0 Å². The topological polar surface area (TPSA) is 61.4 Å². The summed E-state index contributed by atoms with van der Waals surface area (Å²) in [7, 11) is 0. The van der Waals surface area contributed by atoms with Crippen LogP contribution in [0.3, 0.4) is 0 Å². The highest BCUT2D eigenvalue weighted by atomic mass is 16.2. The monoisotopic (exact) mass is 315 g/mol. The lowest BCUT2D eigenvalue weighted by Crippen LogP contribution is -2.62. The second-order valence-corrected chi connectivity index (χ2v) is 7.04. The summed E-state index contributed by atoms with van der Waals surface area (Å²) < 4.78 is 0. The van der Waals surface area contributed by atoms with Crippen molar-refractivity contribution in [3.63, 3.8) is 0 Å². The van der Waals surface area contributed by atoms with Crippen LogP contribution < -0.4 is 10.6 Å². The zero-order valence-corrected chi connectivity index (χ0v) is 14.0. The summed E-state index contributed by atoms with van der Waals surface area (Å²) in [6.07, 6.45) is 0.689. The normalized spacial score (nSPS) is 27.3. The van der Waals surface area contributed by atoms with E-state index in [-0.39, 0.29) is 35.9 Å². The highest BCUT2D eigenvalue weighted by Crippen LogP contribution is 2.25. The molecular formula is C18H25N3O2. The van der Waals surface area contributed by atoms with Gasteiger partial charge in [0.25, 0.3) is 0 Å². The molecule has 124 valence electrons. The number of carbonyl (C=O) groups excluding carboxylic acids is 2. The maximum atomic E-state index is 12.5. The maximum absolute atomic E-state index is 12.5. The van der Waals surface area contributed by atoms with Crippen molar-refractivity contribution in [3.05, 3.63) is 35.4 Å². The second kappa shape index (κ2) is 6.32. The average molecular weight is 315 g/mol. The van der Waals surface area contributed by atoms with Crippen LogP contribution in [0.1, 0.15) is 31.4 Å². The largest absolute Gasteiger partial charge is 0.342 e. The minimum atomic E-state index is -0.380. The van der Waals surface area contributed by atoms with E-state index in [9.17, 15) is 9.59 Å². The van der Waals surface area contributed by atoms with E-state index in [1.807, 2.05) is 13.8 Å². The van der Waals surface area contributed by atoms with Crippen LogP contribution in [0.4, 0.5) is 0 Å². The molecule has 2 aliphatic rings. The number of hydrogen-bond acceptors (Lipinski definition) is 3. The molecule has 5 heteroatoms. The lowest BCUT2D eigenvalue weighted by Gasteiger charge is -2.36. The number of amides is 2. The molecule has 0 radical (unpaired) electrons. The fourth-order valence-electron chi connectivity index (χ4n) is 3.50. The molecule has 2 N–H and O–H groups in total. The van der Waals surface area contributed by atoms with Gasteiger partial charge < -0.3 is 15.5 Å². The van der Waals surface area contributed by atoms with E-state index in [1.54, 1.807) is 4.90 Å². The lowest BCUT2D eigenvalue weighted by molar-refractivity contribution is -0.148. The Morgan fingerprint density at radius 3 is 2.83 bits per heavy atom. The highest BCUT2D eigenvalue weighted by Gasteiger charge is 2.46. The van der Waals surface area contributed by atoms with Crippen LogP contribution in [0.15, 0.2) is 24.3 Å². The van der Waals surface area contributed by atoms with E-state index in [1.165, 1.54) is 11.1 Å². The Labute approximate surface area is 137 Å². The van der Waals surface area contributed by atoms with Gasteiger partial charge in [-0.05, 0) is 24.8 Å². The third-order valence-corrected chi connectivity index (χ3v) is 4.79. The van der Waals surface area contributed by atoms with Crippen molar-refractivity contribution in [3.8, 4) is 0 Å². The van der Waals surface area contributed by atoms with Gasteiger partial charge in [-0.1, -0.05) is 43.7 Å². The molecule has 2 fully saturated rings. The molecule has 1 aromatic carbocycles. The summed E-state index contributed by atoms with van der Waals surface area (Å²) in [5, 5.41) is 6.37. The first kappa shape index (κ1) is 16.0. The molecule has 23 heavy (non-hydrogen) atoms. The van der Waals surface area contributed by atoms with Crippen molar-refractivity contribution in [1.29, 1.82) is 0 Å². The first-order valence-electron chi connectivity index (χ1n) is 8.35. The maximum Gasteiger partial charge on any atom is 0.246 e. The fraction of sp³-hybridized carbons (Fsp3) is 0.556. The van der Waals surface area contributed by atoms with Crippen molar-refractivity contribution in [2.45, 2.75) is 51.9 Å². The summed E-state index contributed by atoms with van der Waals surface area (Å²) >= 11 is 0. The Morgan fingerprint density at radius 2 is 2.13 bits per heavy atom. The van der Waals surface area contributed by atoms with E-state index < -0.39 is 0 Å². The van der Waals surface area contributed by atoms with Gasteiger partial charge in [0, 0.05) is 19.1 Å². The van der Waals surface area contributed by atoms with Crippen LogP contribution in [0.25, 0.3) is 0 Å². The molecule has 0 spiro atoms. The number of nitrogens with one attached hydrogen (secondary N) is 2. The number of hydrogen-bond donors (Lipinski definition) is 2. The van der Waals surface area contributed by atoms with Crippen LogP contribution in [0, 0.1) is 12.8 Å². The quantitative estimate of drug-likeness (QED) is 0.878. The molecule has 0 aliphatic carbocycles. The van der Waals surface area contributed by atoms with Crippen molar-refractivity contribution in [2.75, 3.05) is 6.54 Å². The second-order valence-electron chi connectivity index (χ2n) is 7.04. The minimum Gasteiger partial charge on any atom is -0.342 e. The molecule has 0 saturated carbocycles. The molecule has 0 aromatic heterocycles. The number of fused-ring (bicyclic) bond motifs is 1. The SMILES string of the molecule is Cc1cccc(CN[C@H]2C[C@H]3C(=O)N[C@@H](C(C)C)C(=O)N3C2)c1. The Bertz CT molecular complexity index is 614. The van der Waals surface area contributed by atoms with Crippen molar-refractivity contribution in [1.82, 2.24) is 15.5 Å². The van der Waals surface area contributed by atoms with Gasteiger partial charge in [0.05, 0.1) is 0 Å². The van der Waals surface area contributed by atoms with Crippen LogP contribution in [0.5, 0.6) is 0 Å². The molecule has 2 aliphatic heterocycles. The molecule has 2 amide bonds. The molecule has 5 nitrogen and oxygen atoms in total. The number of nitrogens with zero attached hydrogens (tertiary/aromatic N) is 1. The van der Waals surface area contributed by atoms with E-state index in [0.29, 0.717) is 13.0 Å². The fourth-order valence-corrected chi connectivity index (χ4v) is 3.50. The van der Waals surface area contributed by atoms with E-state index in [2.05, 4.69) is 41.8 Å².